The van der Waals surface area contributed by atoms with Crippen LogP contribution >= 0.6 is 0 Å². The van der Waals surface area contributed by atoms with Crippen molar-refractivity contribution in [3.63, 3.8) is 0 Å². The SMILES string of the molecule is CC(=O)OC[C@H]1O[C@@H](O[C@H]2[C@H](OC(C)=O)[C@@H](OC(C)=O)[C@H](OCCNC(=O)c3ccc(-c4ccc(C)cn4)nc3)O[C@@H]2COC(C)=O)[C@H](OC(C)=O)[C@@H](OC(C)=O)[C@H]1OC(C)=O. The van der Waals surface area contributed by atoms with E-state index in [1.807, 2.05) is 13.0 Å². The van der Waals surface area contributed by atoms with E-state index < -0.39 is 122 Å². The molecule has 1 amide bonds. The van der Waals surface area contributed by atoms with Gasteiger partial charge in [0.2, 0.25) is 0 Å². The number of amides is 1. The zero-order valence-corrected chi connectivity index (χ0v) is 35.2. The third-order valence-corrected chi connectivity index (χ3v) is 8.75. The molecule has 2 saturated heterocycles. The van der Waals surface area contributed by atoms with Crippen LogP contribution in [0.4, 0.5) is 0 Å². The summed E-state index contributed by atoms with van der Waals surface area (Å²) < 4.78 is 62.5. The fourth-order valence-corrected chi connectivity index (χ4v) is 6.35. The fourth-order valence-electron chi connectivity index (χ4n) is 6.35. The molecule has 10 atom stereocenters. The molecule has 0 spiro atoms. The molecular formula is C40H49N3O19. The molecule has 2 aromatic heterocycles. The number of carbonyl (C=O) groups excluding carboxylic acids is 8. The molecule has 2 aromatic rings. The fraction of sp³-hybridized carbons (Fsp3) is 0.550. The number of aromatic nitrogens is 2. The molecular weight excluding hydrogens is 826 g/mol. The van der Waals surface area contributed by atoms with Crippen molar-refractivity contribution < 1.29 is 90.5 Å². The summed E-state index contributed by atoms with van der Waals surface area (Å²) >= 11 is 0. The van der Waals surface area contributed by atoms with Gasteiger partial charge >= 0.3 is 41.8 Å². The van der Waals surface area contributed by atoms with Crippen LogP contribution in [0.5, 0.6) is 0 Å². The number of hydrogen-bond donors (Lipinski definition) is 1. The van der Waals surface area contributed by atoms with Gasteiger partial charge in [-0.1, -0.05) is 6.07 Å². The van der Waals surface area contributed by atoms with Gasteiger partial charge in [-0.15, -0.1) is 0 Å². The molecule has 22 heteroatoms. The monoisotopic (exact) mass is 875 g/mol. The molecule has 1 N–H and O–H groups in total. The van der Waals surface area contributed by atoms with Gasteiger partial charge in [-0.25, -0.2) is 0 Å². The largest absolute Gasteiger partial charge is 0.463 e. The quantitative estimate of drug-likeness (QED) is 0.131. The van der Waals surface area contributed by atoms with Crippen molar-refractivity contribution in [2.24, 2.45) is 0 Å². The Morgan fingerprint density at radius 3 is 1.48 bits per heavy atom. The summed E-state index contributed by atoms with van der Waals surface area (Å²) in [5.74, 6) is -6.59. The van der Waals surface area contributed by atoms with E-state index in [1.165, 1.54) is 6.20 Å². The molecule has 2 aliphatic rings. The van der Waals surface area contributed by atoms with Crippen molar-refractivity contribution in [2.75, 3.05) is 26.4 Å². The van der Waals surface area contributed by atoms with Crippen LogP contribution in [-0.2, 0) is 85.7 Å². The van der Waals surface area contributed by atoms with E-state index in [-0.39, 0.29) is 18.7 Å². The van der Waals surface area contributed by atoms with Crippen LogP contribution < -0.4 is 5.32 Å². The number of ether oxygens (including phenoxy) is 11. The number of nitrogens with zero attached hydrogens (tertiary/aromatic N) is 2. The number of nitrogens with one attached hydrogen (secondary N) is 1. The van der Waals surface area contributed by atoms with Gasteiger partial charge in [0.25, 0.3) is 5.91 Å². The summed E-state index contributed by atoms with van der Waals surface area (Å²) in [5, 5.41) is 2.67. The van der Waals surface area contributed by atoms with Crippen LogP contribution in [0, 0.1) is 6.92 Å². The van der Waals surface area contributed by atoms with Gasteiger partial charge in [-0.2, -0.15) is 0 Å². The minimum Gasteiger partial charge on any atom is -0.463 e. The zero-order valence-electron chi connectivity index (χ0n) is 35.2. The lowest BCUT2D eigenvalue weighted by Crippen LogP contribution is -2.67. The number of rotatable bonds is 17. The molecule has 4 rings (SSSR count). The third kappa shape index (κ3) is 14.2. The topological polar surface area (TPSA) is 276 Å². The van der Waals surface area contributed by atoms with Crippen molar-refractivity contribution >= 4 is 47.7 Å². The van der Waals surface area contributed by atoms with Crippen molar-refractivity contribution in [3.8, 4) is 11.4 Å². The molecule has 0 aromatic carbocycles. The van der Waals surface area contributed by atoms with E-state index in [9.17, 15) is 38.4 Å². The van der Waals surface area contributed by atoms with Gasteiger partial charge in [0.15, 0.2) is 43.1 Å². The number of pyridine rings is 2. The molecule has 0 bridgehead atoms. The van der Waals surface area contributed by atoms with Crippen molar-refractivity contribution in [1.82, 2.24) is 15.3 Å². The van der Waals surface area contributed by atoms with E-state index >= 15 is 0 Å². The van der Waals surface area contributed by atoms with Gasteiger partial charge < -0.3 is 57.4 Å². The van der Waals surface area contributed by atoms with Crippen LogP contribution in [-0.4, -0.2) is 145 Å². The van der Waals surface area contributed by atoms with E-state index in [0.29, 0.717) is 11.4 Å². The number of carbonyl (C=O) groups is 8. The van der Waals surface area contributed by atoms with Crippen molar-refractivity contribution in [1.29, 1.82) is 0 Å². The Bertz CT molecular complexity index is 1930. The Balaban J connectivity index is 1.63. The Hall–Kier alpha value is -6.10. The minimum absolute atomic E-state index is 0.121. The second kappa shape index (κ2) is 22.7. The minimum atomic E-state index is -1.84. The molecule has 0 radical (unpaired) electrons. The molecule has 4 heterocycles. The summed E-state index contributed by atoms with van der Waals surface area (Å²) in [5.41, 5.74) is 2.38. The second-order valence-corrected chi connectivity index (χ2v) is 13.9. The smallest absolute Gasteiger partial charge is 0.303 e. The first-order valence-corrected chi connectivity index (χ1v) is 19.2. The lowest BCUT2D eigenvalue weighted by atomic mass is 9.96. The maximum absolute atomic E-state index is 13.0. The van der Waals surface area contributed by atoms with Crippen LogP contribution in [0.25, 0.3) is 11.4 Å². The average molecular weight is 876 g/mol. The Morgan fingerprint density at radius 2 is 1.00 bits per heavy atom. The highest BCUT2D eigenvalue weighted by molar-refractivity contribution is 5.94. The molecule has 62 heavy (non-hydrogen) atoms. The van der Waals surface area contributed by atoms with Crippen molar-refractivity contribution in [3.05, 3.63) is 47.8 Å². The van der Waals surface area contributed by atoms with Crippen LogP contribution in [0.1, 0.15) is 64.4 Å². The highest BCUT2D eigenvalue weighted by Crippen LogP contribution is 2.35. The lowest BCUT2D eigenvalue weighted by molar-refractivity contribution is -0.361. The molecule has 338 valence electrons. The maximum atomic E-state index is 13.0. The van der Waals surface area contributed by atoms with Gasteiger partial charge in [-0.05, 0) is 30.7 Å². The average Bonchev–Trinajstić information content (AvgIpc) is 3.18. The third-order valence-electron chi connectivity index (χ3n) is 8.75. The molecule has 2 fully saturated rings. The van der Waals surface area contributed by atoms with Gasteiger partial charge in [0.1, 0.15) is 31.5 Å². The predicted molar refractivity (Wildman–Crippen MR) is 204 cm³/mol. The summed E-state index contributed by atoms with van der Waals surface area (Å²) in [4.78, 5) is 108. The molecule has 22 nitrogen and oxygen atoms in total. The number of hydrogen-bond acceptors (Lipinski definition) is 21. The summed E-state index contributed by atoms with van der Waals surface area (Å²) in [6.07, 6.45) is -13.1. The van der Waals surface area contributed by atoms with Crippen LogP contribution in [0.2, 0.25) is 0 Å². The van der Waals surface area contributed by atoms with Gasteiger partial charge in [-0.3, -0.25) is 48.3 Å². The summed E-state index contributed by atoms with van der Waals surface area (Å²) in [7, 11) is 0. The zero-order chi connectivity index (χ0) is 45.7. The summed E-state index contributed by atoms with van der Waals surface area (Å²) in [6.45, 7) is 7.67. The molecule has 0 aliphatic carbocycles. The van der Waals surface area contributed by atoms with Crippen molar-refractivity contribution in [2.45, 2.75) is 117 Å². The van der Waals surface area contributed by atoms with Crippen LogP contribution in [0.3, 0.4) is 0 Å². The molecule has 2 aliphatic heterocycles. The Labute approximate surface area is 355 Å². The Kier molecular flexibility index (Phi) is 17.7. The second-order valence-electron chi connectivity index (χ2n) is 13.9. The van der Waals surface area contributed by atoms with E-state index in [4.69, 9.17) is 52.1 Å². The summed E-state index contributed by atoms with van der Waals surface area (Å²) in [6, 6.07) is 6.89. The molecule has 0 saturated carbocycles. The van der Waals surface area contributed by atoms with E-state index in [0.717, 1.165) is 54.0 Å². The maximum Gasteiger partial charge on any atom is 0.303 e. The first kappa shape index (κ1) is 48.6. The molecule has 0 unspecified atom stereocenters. The van der Waals surface area contributed by atoms with E-state index in [2.05, 4.69) is 15.3 Å². The first-order chi connectivity index (χ1) is 29.3. The first-order valence-electron chi connectivity index (χ1n) is 19.2. The standard InChI is InChI=1S/C40H49N3O19/c1-19-9-11-28(42-15-19)29-12-10-27(16-43-29)38(51)41-13-14-52-39-36(58-25(7)49)35(57-24(6)48)33(31(60-39)18-54-21(3)45)62-40-37(59-26(8)50)34(56-23(5)47)32(55-22(4)46)30(61-40)17-53-20(2)44/h9-12,15-16,30-37,39-40H,13-14,17-18H2,1-8H3,(H,41,51)/t30-,31-,32+,33-,34+,35+,36-,37-,39-,40+/m1/s1. The normalized spacial score (nSPS) is 25.5. The predicted octanol–water partition coefficient (Wildman–Crippen LogP) is 0.818. The van der Waals surface area contributed by atoms with Gasteiger partial charge in [0.05, 0.1) is 23.6 Å². The van der Waals surface area contributed by atoms with Crippen LogP contribution in [0.15, 0.2) is 36.7 Å². The number of aryl methyl sites for hydroxylation is 1. The Morgan fingerprint density at radius 1 is 0.548 bits per heavy atom. The highest BCUT2D eigenvalue weighted by atomic mass is 16.8. The lowest BCUT2D eigenvalue weighted by Gasteiger charge is -2.48. The number of esters is 7. The highest BCUT2D eigenvalue weighted by Gasteiger charge is 2.57. The van der Waals surface area contributed by atoms with E-state index in [1.54, 1.807) is 24.4 Å². The van der Waals surface area contributed by atoms with Gasteiger partial charge in [0, 0.05) is 67.4 Å².